The van der Waals surface area contributed by atoms with Crippen LogP contribution < -0.4 is 0 Å². The van der Waals surface area contributed by atoms with Crippen LogP contribution in [-0.2, 0) is 10.1 Å². The van der Waals surface area contributed by atoms with Gasteiger partial charge in [-0.2, -0.15) is 8.42 Å². The van der Waals surface area contributed by atoms with E-state index in [4.69, 9.17) is 4.55 Å². The van der Waals surface area contributed by atoms with Crippen LogP contribution in [0.2, 0.25) is 0 Å². The Morgan fingerprint density at radius 1 is 1.23 bits per heavy atom. The van der Waals surface area contributed by atoms with Crippen LogP contribution in [-0.4, -0.2) is 13.0 Å². The number of hydrogen-bond acceptors (Lipinski definition) is 4. The van der Waals surface area contributed by atoms with Gasteiger partial charge in [-0.3, -0.25) is 4.55 Å². The van der Waals surface area contributed by atoms with Crippen molar-refractivity contribution in [2.45, 2.75) is 4.90 Å². The van der Waals surface area contributed by atoms with E-state index in [9.17, 15) is 8.42 Å². The average molecular weight is 265 g/mol. The second kappa shape index (κ2) is 3.95. The molecule has 5 nitrogen and oxygen atoms in total. The number of nitrogens with zero attached hydrogens (tertiary/aromatic N) is 2. The normalized spacial score (nSPS) is 12.2. The zero-order chi connectivity index (χ0) is 9.90. The fourth-order valence-corrected chi connectivity index (χ4v) is 1.39. The first kappa shape index (κ1) is 10.3. The number of benzene rings is 1. The number of rotatable bonds is 2. The monoisotopic (exact) mass is 264 g/mol. The van der Waals surface area contributed by atoms with Crippen molar-refractivity contribution in [2.24, 2.45) is 9.25 Å². The van der Waals surface area contributed by atoms with Gasteiger partial charge in [-0.25, -0.2) is 0 Å². The Balaban J connectivity index is 3.08. The third kappa shape index (κ3) is 2.87. The molecule has 0 fully saturated rings. The van der Waals surface area contributed by atoms with E-state index in [1.165, 1.54) is 24.3 Å². The molecule has 0 unspecified atom stereocenters. The van der Waals surface area contributed by atoms with Crippen LogP contribution >= 0.6 is 16.1 Å². The molecular formula is C6H5BrN2O3S. The van der Waals surface area contributed by atoms with Crippen molar-refractivity contribution in [2.75, 3.05) is 0 Å². The summed E-state index contributed by atoms with van der Waals surface area (Å²) in [6, 6.07) is 5.33. The molecule has 0 spiro atoms. The van der Waals surface area contributed by atoms with Crippen LogP contribution in [0.3, 0.4) is 0 Å². The first-order valence-electron chi connectivity index (χ1n) is 3.13. The summed E-state index contributed by atoms with van der Waals surface area (Å²) in [5.41, 5.74) is 0.490. The summed E-state index contributed by atoms with van der Waals surface area (Å²) in [6.07, 6.45) is 0. The van der Waals surface area contributed by atoms with E-state index in [0.717, 1.165) is 0 Å². The molecule has 70 valence electrons. The second-order valence-corrected chi connectivity index (χ2v) is 3.88. The van der Waals surface area contributed by atoms with Crippen molar-refractivity contribution in [1.82, 2.24) is 0 Å². The topological polar surface area (TPSA) is 79.1 Å². The van der Waals surface area contributed by atoms with E-state index in [1.54, 1.807) is 0 Å². The lowest BCUT2D eigenvalue weighted by atomic mass is 10.3. The lowest BCUT2D eigenvalue weighted by Gasteiger charge is -1.95. The molecule has 0 aliphatic rings. The van der Waals surface area contributed by atoms with E-state index in [2.05, 4.69) is 25.4 Å². The largest absolute Gasteiger partial charge is 0.294 e. The quantitative estimate of drug-likeness (QED) is 0.658. The van der Waals surface area contributed by atoms with Gasteiger partial charge in [-0.15, -0.1) is 9.25 Å². The van der Waals surface area contributed by atoms with Gasteiger partial charge >= 0.3 is 0 Å². The van der Waals surface area contributed by atoms with E-state index < -0.39 is 10.1 Å². The summed E-state index contributed by atoms with van der Waals surface area (Å²) in [4.78, 5) is -0.166. The molecule has 1 aromatic carbocycles. The van der Waals surface area contributed by atoms with Crippen molar-refractivity contribution >= 4 is 32.0 Å². The molecule has 0 amide bonds. The molecule has 1 rings (SSSR count). The van der Waals surface area contributed by atoms with Crippen molar-refractivity contribution in [1.29, 1.82) is 0 Å². The molecule has 0 radical (unpaired) electrons. The van der Waals surface area contributed by atoms with Gasteiger partial charge in [0.15, 0.2) is 0 Å². The standard InChI is InChI=1S/C6H5BrN2O3S/c7-9-8-5-1-3-6(4-2-5)13(10,11)12/h1-4H,(H,10,11,12). The summed E-state index contributed by atoms with van der Waals surface area (Å²) in [7, 11) is -4.12. The summed E-state index contributed by atoms with van der Waals surface area (Å²) in [5, 5.41) is 3.60. The Kier molecular flexibility index (Phi) is 3.12. The van der Waals surface area contributed by atoms with E-state index in [1.807, 2.05) is 0 Å². The van der Waals surface area contributed by atoms with Crippen LogP contribution in [0.25, 0.3) is 0 Å². The highest BCUT2D eigenvalue weighted by Gasteiger charge is 2.07. The molecule has 0 saturated carbocycles. The predicted octanol–water partition coefficient (Wildman–Crippen LogP) is 2.33. The summed E-state index contributed by atoms with van der Waals surface area (Å²) < 4.78 is 33.1. The Hall–Kier alpha value is -0.790. The molecule has 0 aliphatic carbocycles. The van der Waals surface area contributed by atoms with Gasteiger partial charge in [0.1, 0.15) is 16.1 Å². The molecule has 0 atom stereocenters. The molecule has 0 aliphatic heterocycles. The van der Waals surface area contributed by atoms with Crippen LogP contribution in [0.5, 0.6) is 0 Å². The van der Waals surface area contributed by atoms with E-state index >= 15 is 0 Å². The highest BCUT2D eigenvalue weighted by atomic mass is 79.9. The van der Waals surface area contributed by atoms with E-state index in [-0.39, 0.29) is 4.90 Å². The van der Waals surface area contributed by atoms with Gasteiger partial charge < -0.3 is 0 Å². The third-order valence-corrected chi connectivity index (χ3v) is 2.31. The third-order valence-electron chi connectivity index (χ3n) is 1.29. The van der Waals surface area contributed by atoms with Crippen LogP contribution in [0.1, 0.15) is 0 Å². The lowest BCUT2D eigenvalue weighted by molar-refractivity contribution is 0.483. The zero-order valence-electron chi connectivity index (χ0n) is 6.25. The first-order valence-corrected chi connectivity index (χ1v) is 5.28. The van der Waals surface area contributed by atoms with Gasteiger partial charge in [0.2, 0.25) is 0 Å². The van der Waals surface area contributed by atoms with Gasteiger partial charge in [-0.1, -0.05) is 0 Å². The van der Waals surface area contributed by atoms with Gasteiger partial charge in [0.05, 0.1) is 10.6 Å². The Bertz CT molecular complexity index is 412. The minimum Gasteiger partial charge on any atom is -0.282 e. The smallest absolute Gasteiger partial charge is 0.282 e. The van der Waals surface area contributed by atoms with Crippen molar-refractivity contribution in [3.05, 3.63) is 24.3 Å². The van der Waals surface area contributed by atoms with Crippen LogP contribution in [0.4, 0.5) is 5.69 Å². The Morgan fingerprint density at radius 2 is 1.77 bits per heavy atom. The highest BCUT2D eigenvalue weighted by molar-refractivity contribution is 9.08. The SMILES string of the molecule is O=S(=O)(O)c1ccc(N=NBr)cc1. The minimum atomic E-state index is -4.12. The lowest BCUT2D eigenvalue weighted by Crippen LogP contribution is -1.96. The molecule has 0 saturated heterocycles. The Morgan fingerprint density at radius 3 is 2.15 bits per heavy atom. The molecule has 7 heteroatoms. The first-order chi connectivity index (χ1) is 6.04. The second-order valence-electron chi connectivity index (χ2n) is 2.14. The van der Waals surface area contributed by atoms with Crippen molar-refractivity contribution in [3.8, 4) is 0 Å². The average Bonchev–Trinajstić information content (AvgIpc) is 2.04. The fourth-order valence-electron chi connectivity index (χ4n) is 0.728. The van der Waals surface area contributed by atoms with E-state index in [0.29, 0.717) is 5.69 Å². The van der Waals surface area contributed by atoms with Crippen LogP contribution in [0, 0.1) is 0 Å². The fraction of sp³-hybridized carbons (Fsp3) is 0. The zero-order valence-corrected chi connectivity index (χ0v) is 8.66. The molecule has 0 heterocycles. The predicted molar refractivity (Wildman–Crippen MR) is 49.7 cm³/mol. The summed E-state index contributed by atoms with van der Waals surface area (Å²) in [5.74, 6) is 0. The Labute approximate surface area is 83.6 Å². The maximum Gasteiger partial charge on any atom is 0.294 e. The molecule has 1 N–H and O–H groups in total. The van der Waals surface area contributed by atoms with Gasteiger partial charge in [0.25, 0.3) is 10.1 Å². The van der Waals surface area contributed by atoms with Crippen molar-refractivity contribution < 1.29 is 13.0 Å². The van der Waals surface area contributed by atoms with Crippen molar-refractivity contribution in [3.63, 3.8) is 0 Å². The molecule has 0 aromatic heterocycles. The molecule has 13 heavy (non-hydrogen) atoms. The van der Waals surface area contributed by atoms with Gasteiger partial charge in [-0.05, 0) is 24.3 Å². The van der Waals surface area contributed by atoms with Crippen LogP contribution in [0.15, 0.2) is 38.4 Å². The number of halogens is 1. The molecule has 0 bridgehead atoms. The molecular weight excluding hydrogens is 260 g/mol. The highest BCUT2D eigenvalue weighted by Crippen LogP contribution is 2.16. The van der Waals surface area contributed by atoms with Gasteiger partial charge in [0, 0.05) is 0 Å². The maximum atomic E-state index is 10.6. The molecule has 1 aromatic rings. The number of hydrogen-bond donors (Lipinski definition) is 1. The minimum absolute atomic E-state index is 0.166. The maximum absolute atomic E-state index is 10.6. The summed E-state index contributed by atoms with van der Waals surface area (Å²) in [6.45, 7) is 0. The summed E-state index contributed by atoms with van der Waals surface area (Å²) >= 11 is 2.73.